The highest BCUT2D eigenvalue weighted by Gasteiger charge is 2.40. The Balaban J connectivity index is 2.13. The fourth-order valence-corrected chi connectivity index (χ4v) is 4.02. The van der Waals surface area contributed by atoms with Gasteiger partial charge in [0.25, 0.3) is 0 Å². The average molecular weight is 375 g/mol. The van der Waals surface area contributed by atoms with E-state index in [9.17, 15) is 0 Å². The Hall–Kier alpha value is -0.0900. The molecule has 1 aromatic rings. The maximum absolute atomic E-state index is 6.56. The monoisotopic (exact) mass is 373 g/mol. The topological polar surface area (TPSA) is 35.2 Å². The quantitative estimate of drug-likeness (QED) is 0.790. The van der Waals surface area contributed by atoms with Crippen LogP contribution in [-0.4, -0.2) is 18.2 Å². The third-order valence-electron chi connectivity index (χ3n) is 4.68. The zero-order valence-corrected chi connectivity index (χ0v) is 15.2. The highest BCUT2D eigenvalue weighted by atomic mass is 79.9. The molecule has 4 heteroatoms. The lowest BCUT2D eigenvalue weighted by Crippen LogP contribution is -2.53. The summed E-state index contributed by atoms with van der Waals surface area (Å²) in [4.78, 5) is 0. The molecule has 1 aliphatic rings. The van der Waals surface area contributed by atoms with Crippen molar-refractivity contribution in [3.63, 3.8) is 0 Å². The minimum Gasteiger partial charge on any atom is -0.374 e. The molecule has 0 radical (unpaired) electrons. The van der Waals surface area contributed by atoms with Crippen LogP contribution in [0.1, 0.15) is 45.1 Å². The molecule has 1 fully saturated rings. The van der Waals surface area contributed by atoms with Gasteiger partial charge in [-0.25, -0.2) is 0 Å². The van der Waals surface area contributed by atoms with Crippen molar-refractivity contribution < 1.29 is 4.74 Å². The normalized spacial score (nSPS) is 27.6. The van der Waals surface area contributed by atoms with Gasteiger partial charge in [0.05, 0.1) is 5.60 Å². The number of ether oxygens (including phenoxy) is 1. The van der Waals surface area contributed by atoms with Crippen LogP contribution in [0.4, 0.5) is 0 Å². The summed E-state index contributed by atoms with van der Waals surface area (Å²) in [6.07, 6.45) is 5.26. The first-order valence-corrected chi connectivity index (χ1v) is 8.97. The minimum absolute atomic E-state index is 0.0105. The summed E-state index contributed by atoms with van der Waals surface area (Å²) in [7, 11) is 0. The Morgan fingerprint density at radius 1 is 1.43 bits per heavy atom. The first kappa shape index (κ1) is 17.3. The summed E-state index contributed by atoms with van der Waals surface area (Å²) in [5, 5.41) is 0.774. The number of rotatable bonds is 5. The zero-order chi connectivity index (χ0) is 15.5. The number of nitrogens with two attached hydrogens (primary N) is 1. The predicted octanol–water partition coefficient (Wildman–Crippen LogP) is 4.96. The molecule has 21 heavy (non-hydrogen) atoms. The van der Waals surface area contributed by atoms with Crippen molar-refractivity contribution in [3.8, 4) is 0 Å². The summed E-state index contributed by atoms with van der Waals surface area (Å²) in [5.74, 6) is 0.780. The second-order valence-corrected chi connectivity index (χ2v) is 7.55. The summed E-state index contributed by atoms with van der Waals surface area (Å²) in [5.41, 5.74) is 7.48. The van der Waals surface area contributed by atoms with Crippen LogP contribution in [0.15, 0.2) is 22.7 Å². The van der Waals surface area contributed by atoms with Crippen molar-refractivity contribution in [3.05, 3.63) is 33.3 Å². The maximum Gasteiger partial charge on any atom is 0.0835 e. The van der Waals surface area contributed by atoms with Crippen molar-refractivity contribution in [1.82, 2.24) is 0 Å². The van der Waals surface area contributed by atoms with Gasteiger partial charge in [-0.05, 0) is 62.6 Å². The van der Waals surface area contributed by atoms with E-state index < -0.39 is 0 Å². The smallest absolute Gasteiger partial charge is 0.0835 e. The minimum atomic E-state index is -0.183. The van der Waals surface area contributed by atoms with Gasteiger partial charge in [0.2, 0.25) is 0 Å². The largest absolute Gasteiger partial charge is 0.374 e. The van der Waals surface area contributed by atoms with Crippen LogP contribution in [0, 0.1) is 5.92 Å². The third kappa shape index (κ3) is 4.22. The van der Waals surface area contributed by atoms with Crippen LogP contribution >= 0.6 is 27.5 Å². The average Bonchev–Trinajstić information content (AvgIpc) is 2.45. The number of benzene rings is 1. The van der Waals surface area contributed by atoms with Gasteiger partial charge in [-0.15, -0.1) is 0 Å². The van der Waals surface area contributed by atoms with Crippen LogP contribution in [0.2, 0.25) is 5.02 Å². The van der Waals surface area contributed by atoms with E-state index in [2.05, 4.69) is 35.8 Å². The molecule has 2 N–H and O–H groups in total. The molecule has 0 aromatic heterocycles. The molecule has 2 rings (SSSR count). The molecule has 1 aromatic carbocycles. The van der Waals surface area contributed by atoms with Crippen LogP contribution in [-0.2, 0) is 11.2 Å². The summed E-state index contributed by atoms with van der Waals surface area (Å²) < 4.78 is 7.14. The number of halogens is 2. The van der Waals surface area contributed by atoms with Crippen LogP contribution < -0.4 is 5.73 Å². The van der Waals surface area contributed by atoms with E-state index in [4.69, 9.17) is 22.1 Å². The van der Waals surface area contributed by atoms with Gasteiger partial charge in [-0.2, -0.15) is 0 Å². The molecule has 1 unspecified atom stereocenters. The van der Waals surface area contributed by atoms with Gasteiger partial charge in [-0.1, -0.05) is 40.5 Å². The summed E-state index contributed by atoms with van der Waals surface area (Å²) in [6, 6.07) is 5.99. The fraction of sp³-hybridized carbons (Fsp3) is 0.647. The molecule has 1 aliphatic carbocycles. The second-order valence-electron chi connectivity index (χ2n) is 6.23. The van der Waals surface area contributed by atoms with Crippen molar-refractivity contribution in [2.24, 2.45) is 11.7 Å². The Labute approximate surface area is 141 Å². The van der Waals surface area contributed by atoms with Gasteiger partial charge in [-0.3, -0.25) is 0 Å². The van der Waals surface area contributed by atoms with Crippen LogP contribution in [0.25, 0.3) is 0 Å². The van der Waals surface area contributed by atoms with Crippen molar-refractivity contribution in [2.45, 2.75) is 57.6 Å². The molecule has 1 atom stereocenters. The lowest BCUT2D eigenvalue weighted by atomic mass is 9.74. The van der Waals surface area contributed by atoms with Gasteiger partial charge >= 0.3 is 0 Å². The van der Waals surface area contributed by atoms with E-state index in [1.54, 1.807) is 0 Å². The molecule has 0 spiro atoms. The third-order valence-corrected chi connectivity index (χ3v) is 5.53. The number of hydrogen-bond acceptors (Lipinski definition) is 2. The van der Waals surface area contributed by atoms with Gasteiger partial charge < -0.3 is 10.5 Å². The highest BCUT2D eigenvalue weighted by Crippen LogP contribution is 2.38. The molecular weight excluding hydrogens is 350 g/mol. The Bertz CT molecular complexity index is 472. The zero-order valence-electron chi connectivity index (χ0n) is 12.9. The first-order valence-electron chi connectivity index (χ1n) is 7.80. The maximum atomic E-state index is 6.56. The van der Waals surface area contributed by atoms with Crippen molar-refractivity contribution in [1.29, 1.82) is 0 Å². The Kier molecular flexibility index (Phi) is 6.13. The summed E-state index contributed by atoms with van der Waals surface area (Å²) in [6.45, 7) is 5.09. The van der Waals surface area contributed by atoms with E-state index in [1.807, 2.05) is 12.1 Å². The number of hydrogen-bond donors (Lipinski definition) is 1. The molecule has 0 saturated heterocycles. The van der Waals surface area contributed by atoms with E-state index in [-0.39, 0.29) is 11.6 Å². The predicted molar refractivity (Wildman–Crippen MR) is 92.8 cm³/mol. The van der Waals surface area contributed by atoms with Gasteiger partial charge in [0.15, 0.2) is 0 Å². The summed E-state index contributed by atoms with van der Waals surface area (Å²) >= 11 is 9.77. The molecule has 0 heterocycles. The second kappa shape index (κ2) is 7.45. The Morgan fingerprint density at radius 3 is 2.67 bits per heavy atom. The Morgan fingerprint density at radius 2 is 2.10 bits per heavy atom. The lowest BCUT2D eigenvalue weighted by Gasteiger charge is -2.43. The molecule has 0 amide bonds. The highest BCUT2D eigenvalue weighted by molar-refractivity contribution is 9.10. The lowest BCUT2D eigenvalue weighted by molar-refractivity contribution is -0.0883. The van der Waals surface area contributed by atoms with Gasteiger partial charge in [0.1, 0.15) is 0 Å². The van der Waals surface area contributed by atoms with Crippen molar-refractivity contribution >= 4 is 27.5 Å². The molecule has 0 bridgehead atoms. The van der Waals surface area contributed by atoms with Crippen LogP contribution in [0.3, 0.4) is 0 Å². The fourth-order valence-electron chi connectivity index (χ4n) is 3.27. The first-order chi connectivity index (χ1) is 9.97. The van der Waals surface area contributed by atoms with E-state index >= 15 is 0 Å². The van der Waals surface area contributed by atoms with E-state index in [1.165, 1.54) is 12.8 Å². The standard InChI is InChI=1S/C17H25BrClNO/c1-3-21-17(8-6-12(2)7-9-17)16(20)10-13-4-5-14(18)11-15(13)19/h4-5,11-12,16H,3,6-10,20H2,1-2H3. The van der Waals surface area contributed by atoms with E-state index in [0.717, 1.165) is 46.8 Å². The molecule has 118 valence electrons. The van der Waals surface area contributed by atoms with E-state index in [0.29, 0.717) is 0 Å². The van der Waals surface area contributed by atoms with Crippen LogP contribution in [0.5, 0.6) is 0 Å². The molecular formula is C17H25BrClNO. The molecule has 1 saturated carbocycles. The van der Waals surface area contributed by atoms with Crippen molar-refractivity contribution in [2.75, 3.05) is 6.61 Å². The van der Waals surface area contributed by atoms with Gasteiger partial charge in [0, 0.05) is 22.1 Å². The molecule has 0 aliphatic heterocycles. The SMILES string of the molecule is CCOC1(C(N)Cc2ccc(Br)cc2Cl)CCC(C)CC1. The molecule has 2 nitrogen and oxygen atoms in total.